The van der Waals surface area contributed by atoms with Crippen molar-refractivity contribution in [1.29, 1.82) is 0 Å². The van der Waals surface area contributed by atoms with Crippen LogP contribution in [-0.2, 0) is 4.79 Å². The lowest BCUT2D eigenvalue weighted by atomic mass is 10.2. The standard InChI is InChI=1S/C18H18ClNO4/c1-12(23-14-8-6-13(19)7-9-14)18(21)20-10-15-11-22-16-4-2-3-5-17(16)24-15/h2-9,12,15H,10-11H2,1H3,(H,20,21)/t12-,15-/m0/s1. The third-order valence-corrected chi connectivity index (χ3v) is 3.82. The molecule has 3 rings (SSSR count). The number of fused-ring (bicyclic) bond motifs is 1. The smallest absolute Gasteiger partial charge is 0.260 e. The van der Waals surface area contributed by atoms with E-state index in [1.165, 1.54) is 0 Å². The summed E-state index contributed by atoms with van der Waals surface area (Å²) in [5.74, 6) is 1.79. The highest BCUT2D eigenvalue weighted by Crippen LogP contribution is 2.30. The molecule has 2 aromatic rings. The van der Waals surface area contributed by atoms with E-state index in [-0.39, 0.29) is 12.0 Å². The van der Waals surface area contributed by atoms with Crippen molar-refractivity contribution >= 4 is 17.5 Å². The number of hydrogen-bond acceptors (Lipinski definition) is 4. The van der Waals surface area contributed by atoms with Crippen molar-refractivity contribution in [2.45, 2.75) is 19.1 Å². The predicted octanol–water partition coefficient (Wildman–Crippen LogP) is 3.06. The van der Waals surface area contributed by atoms with Crippen LogP contribution in [0.4, 0.5) is 0 Å². The van der Waals surface area contributed by atoms with Crippen molar-refractivity contribution in [3.05, 3.63) is 53.6 Å². The largest absolute Gasteiger partial charge is 0.486 e. The molecule has 0 aromatic heterocycles. The summed E-state index contributed by atoms with van der Waals surface area (Å²) in [7, 11) is 0. The van der Waals surface area contributed by atoms with E-state index in [4.69, 9.17) is 25.8 Å². The highest BCUT2D eigenvalue weighted by atomic mass is 35.5. The molecule has 1 amide bonds. The molecule has 0 fully saturated rings. The zero-order valence-electron chi connectivity index (χ0n) is 13.2. The normalized spacial score (nSPS) is 17.0. The van der Waals surface area contributed by atoms with Gasteiger partial charge in [-0.05, 0) is 43.3 Å². The molecule has 126 valence electrons. The van der Waals surface area contributed by atoms with Crippen molar-refractivity contribution in [3.8, 4) is 17.2 Å². The number of benzene rings is 2. The first-order chi connectivity index (χ1) is 11.6. The summed E-state index contributed by atoms with van der Waals surface area (Å²) in [4.78, 5) is 12.1. The molecule has 0 saturated carbocycles. The Kier molecular flexibility index (Phi) is 5.11. The van der Waals surface area contributed by atoms with Gasteiger partial charge in [-0.15, -0.1) is 0 Å². The second-order valence-corrected chi connectivity index (χ2v) is 5.89. The molecule has 0 radical (unpaired) electrons. The number of halogens is 1. The van der Waals surface area contributed by atoms with E-state index in [9.17, 15) is 4.79 Å². The van der Waals surface area contributed by atoms with Gasteiger partial charge in [-0.2, -0.15) is 0 Å². The fourth-order valence-corrected chi connectivity index (χ4v) is 2.42. The maximum atomic E-state index is 12.1. The minimum Gasteiger partial charge on any atom is -0.486 e. The average Bonchev–Trinajstić information content (AvgIpc) is 2.61. The van der Waals surface area contributed by atoms with Crippen LogP contribution < -0.4 is 19.5 Å². The molecule has 2 aromatic carbocycles. The van der Waals surface area contributed by atoms with Crippen molar-refractivity contribution in [2.75, 3.05) is 13.2 Å². The van der Waals surface area contributed by atoms with Crippen molar-refractivity contribution in [3.63, 3.8) is 0 Å². The van der Waals surface area contributed by atoms with E-state index in [1.807, 2.05) is 24.3 Å². The van der Waals surface area contributed by atoms with Crippen LogP contribution in [0, 0.1) is 0 Å². The third kappa shape index (κ3) is 4.11. The highest BCUT2D eigenvalue weighted by molar-refractivity contribution is 6.30. The lowest BCUT2D eigenvalue weighted by Crippen LogP contribution is -2.44. The SMILES string of the molecule is C[C@H](Oc1ccc(Cl)cc1)C(=O)NC[C@H]1COc2ccccc2O1. The van der Waals surface area contributed by atoms with Crippen LogP contribution in [0.3, 0.4) is 0 Å². The molecule has 0 aliphatic carbocycles. The zero-order valence-corrected chi connectivity index (χ0v) is 14.0. The molecule has 0 unspecified atom stereocenters. The van der Waals surface area contributed by atoms with Crippen LogP contribution in [0.2, 0.25) is 5.02 Å². The molecular formula is C18H18ClNO4. The molecule has 6 heteroatoms. The van der Waals surface area contributed by atoms with Crippen LogP contribution in [-0.4, -0.2) is 31.3 Å². The van der Waals surface area contributed by atoms with Crippen LogP contribution in [0.1, 0.15) is 6.92 Å². The first-order valence-electron chi connectivity index (χ1n) is 7.70. The van der Waals surface area contributed by atoms with Gasteiger partial charge in [-0.1, -0.05) is 23.7 Å². The second kappa shape index (κ2) is 7.45. The molecule has 5 nitrogen and oxygen atoms in total. The van der Waals surface area contributed by atoms with Gasteiger partial charge in [0.05, 0.1) is 6.54 Å². The fourth-order valence-electron chi connectivity index (χ4n) is 2.29. The average molecular weight is 348 g/mol. The van der Waals surface area contributed by atoms with E-state index >= 15 is 0 Å². The Balaban J connectivity index is 1.48. The molecular weight excluding hydrogens is 330 g/mol. The van der Waals surface area contributed by atoms with Gasteiger partial charge in [0, 0.05) is 5.02 Å². The fraction of sp³-hybridized carbons (Fsp3) is 0.278. The van der Waals surface area contributed by atoms with Crippen LogP contribution in [0.15, 0.2) is 48.5 Å². The Bertz CT molecular complexity index is 704. The van der Waals surface area contributed by atoms with Gasteiger partial charge in [0.2, 0.25) is 0 Å². The number of carbonyl (C=O) groups excluding carboxylic acids is 1. The summed E-state index contributed by atoms with van der Waals surface area (Å²) in [6.45, 7) is 2.43. The summed E-state index contributed by atoms with van der Waals surface area (Å²) in [5.41, 5.74) is 0. The maximum Gasteiger partial charge on any atom is 0.260 e. The Morgan fingerprint density at radius 1 is 1.25 bits per heavy atom. The van der Waals surface area contributed by atoms with Gasteiger partial charge in [0.25, 0.3) is 5.91 Å². The number of para-hydroxylation sites is 2. The van der Waals surface area contributed by atoms with Gasteiger partial charge < -0.3 is 19.5 Å². The van der Waals surface area contributed by atoms with E-state index in [0.717, 1.165) is 5.75 Å². The summed E-state index contributed by atoms with van der Waals surface area (Å²) in [5, 5.41) is 3.44. The van der Waals surface area contributed by atoms with Crippen LogP contribution >= 0.6 is 11.6 Å². The predicted molar refractivity (Wildman–Crippen MR) is 90.9 cm³/mol. The molecule has 0 spiro atoms. The summed E-state index contributed by atoms with van der Waals surface area (Å²) < 4.78 is 17.0. The van der Waals surface area contributed by atoms with Crippen molar-refractivity contribution in [1.82, 2.24) is 5.32 Å². The number of rotatable bonds is 5. The zero-order chi connectivity index (χ0) is 16.9. The van der Waals surface area contributed by atoms with Gasteiger partial charge in [-0.25, -0.2) is 0 Å². The van der Waals surface area contributed by atoms with E-state index in [1.54, 1.807) is 31.2 Å². The van der Waals surface area contributed by atoms with Gasteiger partial charge in [0.15, 0.2) is 17.6 Å². The van der Waals surface area contributed by atoms with Gasteiger partial charge in [-0.3, -0.25) is 4.79 Å². The lowest BCUT2D eigenvalue weighted by molar-refractivity contribution is -0.127. The monoisotopic (exact) mass is 347 g/mol. The molecule has 0 bridgehead atoms. The number of carbonyl (C=O) groups is 1. The minimum atomic E-state index is -0.622. The lowest BCUT2D eigenvalue weighted by Gasteiger charge is -2.27. The first kappa shape index (κ1) is 16.5. The highest BCUT2D eigenvalue weighted by Gasteiger charge is 2.22. The second-order valence-electron chi connectivity index (χ2n) is 5.46. The number of nitrogens with one attached hydrogen (secondary N) is 1. The number of hydrogen-bond donors (Lipinski definition) is 1. The molecule has 1 N–H and O–H groups in total. The van der Waals surface area contributed by atoms with Crippen molar-refractivity contribution in [2.24, 2.45) is 0 Å². The number of amides is 1. The molecule has 0 saturated heterocycles. The first-order valence-corrected chi connectivity index (χ1v) is 8.08. The quantitative estimate of drug-likeness (QED) is 0.903. The van der Waals surface area contributed by atoms with Crippen LogP contribution in [0.5, 0.6) is 17.2 Å². The Morgan fingerprint density at radius 3 is 2.71 bits per heavy atom. The Morgan fingerprint density at radius 2 is 1.96 bits per heavy atom. The van der Waals surface area contributed by atoms with E-state index < -0.39 is 6.10 Å². The summed E-state index contributed by atoms with van der Waals surface area (Å²) in [6.07, 6.45) is -0.852. The Labute approximate surface area is 145 Å². The number of ether oxygens (including phenoxy) is 3. The van der Waals surface area contributed by atoms with Crippen LogP contribution in [0.25, 0.3) is 0 Å². The minimum absolute atomic E-state index is 0.215. The molecule has 2 atom stereocenters. The summed E-state index contributed by atoms with van der Waals surface area (Å²) >= 11 is 5.82. The topological polar surface area (TPSA) is 56.8 Å². The molecule has 24 heavy (non-hydrogen) atoms. The van der Waals surface area contributed by atoms with Gasteiger partial charge >= 0.3 is 0 Å². The Hall–Kier alpha value is -2.40. The third-order valence-electron chi connectivity index (χ3n) is 3.57. The molecule has 1 aliphatic rings. The molecule has 1 heterocycles. The van der Waals surface area contributed by atoms with Crippen molar-refractivity contribution < 1.29 is 19.0 Å². The maximum absolute atomic E-state index is 12.1. The van der Waals surface area contributed by atoms with E-state index in [0.29, 0.717) is 29.7 Å². The summed E-state index contributed by atoms with van der Waals surface area (Å²) in [6, 6.07) is 14.3. The van der Waals surface area contributed by atoms with E-state index in [2.05, 4.69) is 5.32 Å². The van der Waals surface area contributed by atoms with Gasteiger partial charge in [0.1, 0.15) is 18.5 Å². The molecule has 1 aliphatic heterocycles.